The molecule has 2 fully saturated rings. The first-order chi connectivity index (χ1) is 9.78. The monoisotopic (exact) mass is 276 g/mol. The van der Waals surface area contributed by atoms with Gasteiger partial charge in [-0.05, 0) is 18.4 Å². The summed E-state index contributed by atoms with van der Waals surface area (Å²) in [5, 5.41) is 2.00. The summed E-state index contributed by atoms with van der Waals surface area (Å²) in [6.07, 6.45) is 1.79. The second-order valence-electron chi connectivity index (χ2n) is 5.34. The molecular weight excluding hydrogens is 256 g/mol. The van der Waals surface area contributed by atoms with Gasteiger partial charge in [0.2, 0.25) is 0 Å². The number of piperidine rings is 1. The van der Waals surface area contributed by atoms with Crippen LogP contribution in [0.2, 0.25) is 0 Å². The fourth-order valence-electron chi connectivity index (χ4n) is 2.98. The molecule has 6 heteroatoms. The second kappa shape index (κ2) is 5.88. The number of hydrogen-bond acceptors (Lipinski definition) is 5. The minimum absolute atomic E-state index is 0.103. The van der Waals surface area contributed by atoms with Crippen LogP contribution in [0.4, 0.5) is 0 Å². The van der Waals surface area contributed by atoms with Crippen LogP contribution >= 0.6 is 0 Å². The van der Waals surface area contributed by atoms with Gasteiger partial charge in [0.05, 0.1) is 19.3 Å². The Hall–Kier alpha value is -1.47. The molecule has 2 bridgehead atoms. The molecule has 1 aromatic rings. The molecule has 3 atom stereocenters. The van der Waals surface area contributed by atoms with E-state index in [2.05, 4.69) is 10.3 Å². The number of nitrogens with zero attached hydrogens (tertiary/aromatic N) is 2. The Morgan fingerprint density at radius 1 is 1.35 bits per heavy atom. The number of carbonyl (C=O) groups excluding carboxylic acids is 1. The Labute approximate surface area is 118 Å². The summed E-state index contributed by atoms with van der Waals surface area (Å²) in [7, 11) is 0. The summed E-state index contributed by atoms with van der Waals surface area (Å²) in [4.78, 5) is 19.7. The van der Waals surface area contributed by atoms with Crippen LogP contribution in [0.15, 0.2) is 30.3 Å². The predicted octanol–water partition coefficient (Wildman–Crippen LogP) is 0.214. The van der Waals surface area contributed by atoms with E-state index in [9.17, 15) is 4.79 Å². The van der Waals surface area contributed by atoms with E-state index in [0.717, 1.165) is 24.9 Å². The number of hydrogen-bond donors (Lipinski definition) is 2. The molecular formula is C14H20N4O2. The van der Waals surface area contributed by atoms with E-state index in [1.54, 1.807) is 0 Å². The molecule has 1 unspecified atom stereocenters. The van der Waals surface area contributed by atoms with Gasteiger partial charge < -0.3 is 0 Å². The Morgan fingerprint density at radius 3 is 2.90 bits per heavy atom. The SMILES string of the molecule is NNC(=O)[C@@H]1CC[C@@H]2CN1CN2OCc1ccccc1. The quantitative estimate of drug-likeness (QED) is 0.467. The Balaban J connectivity index is 1.57. The van der Waals surface area contributed by atoms with Gasteiger partial charge in [0, 0.05) is 12.6 Å². The second-order valence-corrected chi connectivity index (χ2v) is 5.34. The Morgan fingerprint density at radius 2 is 2.15 bits per heavy atom. The highest BCUT2D eigenvalue weighted by molar-refractivity contribution is 5.81. The summed E-state index contributed by atoms with van der Waals surface area (Å²) in [5.41, 5.74) is 3.40. The van der Waals surface area contributed by atoms with Gasteiger partial charge in [-0.15, -0.1) is 0 Å². The molecule has 6 nitrogen and oxygen atoms in total. The van der Waals surface area contributed by atoms with Crippen molar-refractivity contribution in [3.8, 4) is 0 Å². The van der Waals surface area contributed by atoms with Crippen molar-refractivity contribution in [3.63, 3.8) is 0 Å². The van der Waals surface area contributed by atoms with E-state index in [1.807, 2.05) is 35.4 Å². The molecule has 1 aromatic carbocycles. The standard InChI is InChI=1S/C14H20N4O2/c15-16-14(19)13-7-6-12-8-17(13)10-18(12)20-9-11-4-2-1-3-5-11/h1-5,12-13H,6-10,15H2,(H,16,19)/t12-,13+/m1/s1. The van der Waals surface area contributed by atoms with Gasteiger partial charge in [0.25, 0.3) is 5.91 Å². The van der Waals surface area contributed by atoms with Gasteiger partial charge in [-0.2, -0.15) is 5.06 Å². The molecule has 1 amide bonds. The number of fused-ring (bicyclic) bond motifs is 2. The number of benzene rings is 1. The van der Waals surface area contributed by atoms with Crippen molar-refractivity contribution in [2.45, 2.75) is 31.5 Å². The van der Waals surface area contributed by atoms with Crippen molar-refractivity contribution < 1.29 is 9.63 Å². The first-order valence-electron chi connectivity index (χ1n) is 6.96. The highest BCUT2D eigenvalue weighted by Crippen LogP contribution is 2.28. The van der Waals surface area contributed by atoms with Crippen LogP contribution < -0.4 is 11.3 Å². The van der Waals surface area contributed by atoms with Gasteiger partial charge in [-0.3, -0.25) is 20.0 Å². The van der Waals surface area contributed by atoms with Gasteiger partial charge in [-0.25, -0.2) is 5.84 Å². The zero-order valence-electron chi connectivity index (χ0n) is 11.4. The maximum atomic E-state index is 11.7. The summed E-state index contributed by atoms with van der Waals surface area (Å²) in [6.45, 7) is 2.10. The predicted molar refractivity (Wildman–Crippen MR) is 73.8 cm³/mol. The maximum Gasteiger partial charge on any atom is 0.251 e. The first-order valence-corrected chi connectivity index (χ1v) is 6.96. The average Bonchev–Trinajstić information content (AvgIpc) is 2.82. The molecule has 20 heavy (non-hydrogen) atoms. The van der Waals surface area contributed by atoms with E-state index in [4.69, 9.17) is 10.7 Å². The maximum absolute atomic E-state index is 11.7. The van der Waals surface area contributed by atoms with Crippen LogP contribution in [0.1, 0.15) is 18.4 Å². The number of nitrogens with two attached hydrogens (primary N) is 1. The Kier molecular flexibility index (Phi) is 3.98. The smallest absolute Gasteiger partial charge is 0.251 e. The normalized spacial score (nSPS) is 29.4. The lowest BCUT2D eigenvalue weighted by molar-refractivity contribution is -0.182. The molecule has 108 valence electrons. The van der Waals surface area contributed by atoms with E-state index in [1.165, 1.54) is 0 Å². The number of hydrazine groups is 1. The van der Waals surface area contributed by atoms with Gasteiger partial charge in [0.1, 0.15) is 0 Å². The number of hydroxylamine groups is 2. The molecule has 0 radical (unpaired) electrons. The molecule has 3 rings (SSSR count). The molecule has 2 saturated heterocycles. The van der Waals surface area contributed by atoms with Gasteiger partial charge >= 0.3 is 0 Å². The lowest BCUT2D eigenvalue weighted by Crippen LogP contribution is -2.50. The summed E-state index contributed by atoms with van der Waals surface area (Å²) < 4.78 is 0. The minimum Gasteiger partial charge on any atom is -0.293 e. The van der Waals surface area contributed by atoms with Crippen molar-refractivity contribution in [1.29, 1.82) is 0 Å². The van der Waals surface area contributed by atoms with E-state index in [0.29, 0.717) is 19.3 Å². The fraction of sp³-hybridized carbons (Fsp3) is 0.500. The summed E-state index contributed by atoms with van der Waals surface area (Å²) in [6, 6.07) is 10.4. The van der Waals surface area contributed by atoms with Crippen LogP contribution in [0.5, 0.6) is 0 Å². The molecule has 2 aliphatic heterocycles. The highest BCUT2D eigenvalue weighted by atomic mass is 16.7. The van der Waals surface area contributed by atoms with E-state index >= 15 is 0 Å². The number of carbonyl (C=O) groups is 1. The van der Waals surface area contributed by atoms with Crippen molar-refractivity contribution in [3.05, 3.63) is 35.9 Å². The lowest BCUT2D eigenvalue weighted by atomic mass is 10.0. The first kappa shape index (κ1) is 13.5. The van der Waals surface area contributed by atoms with E-state index < -0.39 is 0 Å². The fourth-order valence-corrected chi connectivity index (χ4v) is 2.98. The van der Waals surface area contributed by atoms with Gasteiger partial charge in [0.15, 0.2) is 0 Å². The van der Waals surface area contributed by atoms with Crippen LogP contribution in [0.25, 0.3) is 0 Å². The van der Waals surface area contributed by atoms with Crippen molar-refractivity contribution in [2.75, 3.05) is 13.2 Å². The largest absolute Gasteiger partial charge is 0.293 e. The van der Waals surface area contributed by atoms with Crippen LogP contribution in [-0.4, -0.2) is 41.2 Å². The lowest BCUT2D eigenvalue weighted by Gasteiger charge is -2.29. The zero-order valence-corrected chi connectivity index (χ0v) is 11.4. The summed E-state index contributed by atoms with van der Waals surface area (Å²) >= 11 is 0. The summed E-state index contributed by atoms with van der Waals surface area (Å²) in [5.74, 6) is 5.13. The highest BCUT2D eigenvalue weighted by Gasteiger charge is 2.42. The molecule has 0 saturated carbocycles. The number of nitrogens with one attached hydrogen (secondary N) is 1. The third-order valence-corrected chi connectivity index (χ3v) is 4.07. The van der Waals surface area contributed by atoms with Crippen molar-refractivity contribution in [2.24, 2.45) is 5.84 Å². The van der Waals surface area contributed by atoms with Crippen LogP contribution in [0.3, 0.4) is 0 Å². The molecule has 0 aliphatic carbocycles. The number of amides is 1. The number of rotatable bonds is 4. The average molecular weight is 276 g/mol. The molecule has 2 heterocycles. The van der Waals surface area contributed by atoms with E-state index in [-0.39, 0.29) is 11.9 Å². The molecule has 3 N–H and O–H groups in total. The Bertz CT molecular complexity index is 468. The van der Waals surface area contributed by atoms with Crippen LogP contribution in [0, 0.1) is 0 Å². The minimum atomic E-state index is -0.124. The van der Waals surface area contributed by atoms with Crippen molar-refractivity contribution >= 4 is 5.91 Å². The zero-order chi connectivity index (χ0) is 13.9. The third-order valence-electron chi connectivity index (χ3n) is 4.07. The molecule has 0 aromatic heterocycles. The molecule has 0 spiro atoms. The van der Waals surface area contributed by atoms with Gasteiger partial charge in [-0.1, -0.05) is 30.3 Å². The van der Waals surface area contributed by atoms with Crippen LogP contribution in [-0.2, 0) is 16.2 Å². The topological polar surface area (TPSA) is 70.8 Å². The molecule has 2 aliphatic rings. The van der Waals surface area contributed by atoms with Crippen molar-refractivity contribution in [1.82, 2.24) is 15.4 Å². The third kappa shape index (κ3) is 2.69.